The van der Waals surface area contributed by atoms with Crippen LogP contribution in [0, 0.1) is 0 Å². The first-order valence-electron chi connectivity index (χ1n) is 7.98. The van der Waals surface area contributed by atoms with Gasteiger partial charge >= 0.3 is 6.18 Å². The Bertz CT molecular complexity index is 1110. The summed E-state index contributed by atoms with van der Waals surface area (Å²) in [7, 11) is 0. The van der Waals surface area contributed by atoms with Crippen molar-refractivity contribution in [1.29, 1.82) is 0 Å². The Balaban J connectivity index is 1.60. The van der Waals surface area contributed by atoms with Crippen molar-refractivity contribution in [1.82, 2.24) is 35.2 Å². The first kappa shape index (κ1) is 18.1. The van der Waals surface area contributed by atoms with Gasteiger partial charge in [-0.25, -0.2) is 4.98 Å². The van der Waals surface area contributed by atoms with Gasteiger partial charge in [-0.1, -0.05) is 23.7 Å². The SMILES string of the molecule is FC(F)(F)c1cccc(Cn2cnc(-c3cc(-c4nn[nH]n4)ccn3)c2)c1Cl. The molecule has 0 aliphatic carbocycles. The van der Waals surface area contributed by atoms with Crippen LogP contribution in [-0.4, -0.2) is 35.2 Å². The van der Waals surface area contributed by atoms with Crippen LogP contribution in [0.4, 0.5) is 13.2 Å². The topological polar surface area (TPSA) is 85.2 Å². The van der Waals surface area contributed by atoms with Gasteiger partial charge in [0.1, 0.15) is 5.69 Å². The molecular weight excluding hydrogens is 395 g/mol. The van der Waals surface area contributed by atoms with Crippen LogP contribution in [0.1, 0.15) is 11.1 Å². The van der Waals surface area contributed by atoms with Crippen LogP contribution in [0.5, 0.6) is 0 Å². The summed E-state index contributed by atoms with van der Waals surface area (Å²) in [6.07, 6.45) is 0.268. The lowest BCUT2D eigenvalue weighted by molar-refractivity contribution is -0.137. The molecule has 0 radical (unpaired) electrons. The number of imidazole rings is 1. The summed E-state index contributed by atoms with van der Waals surface area (Å²) in [5, 5.41) is 13.4. The third kappa shape index (κ3) is 3.58. The molecule has 1 N–H and O–H groups in total. The van der Waals surface area contributed by atoms with Crippen LogP contribution in [0.2, 0.25) is 5.02 Å². The van der Waals surface area contributed by atoms with E-state index < -0.39 is 11.7 Å². The summed E-state index contributed by atoms with van der Waals surface area (Å²) in [4.78, 5) is 8.54. The molecule has 0 unspecified atom stereocenters. The molecule has 4 rings (SSSR count). The molecular formula is C17H11ClF3N7. The fraction of sp³-hybridized carbons (Fsp3) is 0.118. The highest BCUT2D eigenvalue weighted by atomic mass is 35.5. The highest BCUT2D eigenvalue weighted by molar-refractivity contribution is 6.32. The Hall–Kier alpha value is -3.27. The van der Waals surface area contributed by atoms with E-state index in [1.807, 2.05) is 0 Å². The lowest BCUT2D eigenvalue weighted by Crippen LogP contribution is -2.08. The van der Waals surface area contributed by atoms with Crippen LogP contribution in [0.15, 0.2) is 49.1 Å². The van der Waals surface area contributed by atoms with Gasteiger partial charge in [0.2, 0.25) is 5.82 Å². The molecule has 0 saturated carbocycles. The average Bonchev–Trinajstić information content (AvgIpc) is 3.35. The van der Waals surface area contributed by atoms with Gasteiger partial charge in [0.15, 0.2) is 0 Å². The lowest BCUT2D eigenvalue weighted by Gasteiger charge is -2.12. The van der Waals surface area contributed by atoms with Gasteiger partial charge in [-0.2, -0.15) is 18.4 Å². The number of aromatic nitrogens is 7. The van der Waals surface area contributed by atoms with E-state index in [1.54, 1.807) is 35.2 Å². The molecule has 3 heterocycles. The average molecular weight is 406 g/mol. The molecule has 0 bridgehead atoms. The fourth-order valence-corrected chi connectivity index (χ4v) is 2.98. The van der Waals surface area contributed by atoms with Crippen LogP contribution in [0.3, 0.4) is 0 Å². The number of aromatic amines is 1. The van der Waals surface area contributed by atoms with Crippen molar-refractivity contribution >= 4 is 11.6 Å². The van der Waals surface area contributed by atoms with E-state index in [-0.39, 0.29) is 11.6 Å². The number of pyridine rings is 1. The number of nitrogens with zero attached hydrogens (tertiary/aromatic N) is 6. The van der Waals surface area contributed by atoms with Crippen molar-refractivity contribution in [3.63, 3.8) is 0 Å². The number of hydrogen-bond donors (Lipinski definition) is 1. The number of halogens is 4. The van der Waals surface area contributed by atoms with Gasteiger partial charge in [-0.05, 0) is 29.0 Å². The second kappa shape index (κ2) is 7.04. The van der Waals surface area contributed by atoms with Gasteiger partial charge in [0, 0.05) is 24.5 Å². The maximum Gasteiger partial charge on any atom is 0.417 e. The van der Waals surface area contributed by atoms with Gasteiger partial charge in [-0.3, -0.25) is 4.98 Å². The molecule has 3 aromatic heterocycles. The summed E-state index contributed by atoms with van der Waals surface area (Å²) in [6.45, 7) is 0.139. The maximum absolute atomic E-state index is 13.0. The highest BCUT2D eigenvalue weighted by Gasteiger charge is 2.33. The summed E-state index contributed by atoms with van der Waals surface area (Å²) in [5.41, 5.74) is 1.30. The molecule has 0 spiro atoms. The number of H-pyrrole nitrogens is 1. The van der Waals surface area contributed by atoms with Crippen molar-refractivity contribution in [3.05, 3.63) is 65.2 Å². The highest BCUT2D eigenvalue weighted by Crippen LogP contribution is 2.36. The first-order valence-corrected chi connectivity index (χ1v) is 8.36. The monoisotopic (exact) mass is 405 g/mol. The lowest BCUT2D eigenvalue weighted by atomic mass is 10.1. The molecule has 7 nitrogen and oxygen atoms in total. The van der Waals surface area contributed by atoms with E-state index in [9.17, 15) is 13.2 Å². The summed E-state index contributed by atoms with van der Waals surface area (Å²) >= 11 is 5.96. The molecule has 0 aliphatic rings. The smallest absolute Gasteiger partial charge is 0.332 e. The second-order valence-electron chi connectivity index (χ2n) is 5.87. The van der Waals surface area contributed by atoms with Gasteiger partial charge in [0.05, 0.1) is 22.6 Å². The molecule has 0 saturated heterocycles. The van der Waals surface area contributed by atoms with E-state index >= 15 is 0 Å². The Morgan fingerprint density at radius 1 is 1.11 bits per heavy atom. The van der Waals surface area contributed by atoms with Gasteiger partial charge < -0.3 is 4.57 Å². The number of benzene rings is 1. The molecule has 0 atom stereocenters. The van der Waals surface area contributed by atoms with Crippen molar-refractivity contribution in [2.45, 2.75) is 12.7 Å². The third-order valence-corrected chi connectivity index (χ3v) is 4.44. The van der Waals surface area contributed by atoms with E-state index in [2.05, 4.69) is 30.6 Å². The summed E-state index contributed by atoms with van der Waals surface area (Å²) in [6, 6.07) is 7.31. The molecule has 0 aliphatic heterocycles. The Labute approximate surface area is 161 Å². The molecule has 0 fully saturated rings. The van der Waals surface area contributed by atoms with E-state index in [1.165, 1.54) is 12.4 Å². The predicted molar refractivity (Wildman–Crippen MR) is 94.2 cm³/mol. The molecule has 4 aromatic rings. The minimum atomic E-state index is -4.51. The van der Waals surface area contributed by atoms with Crippen molar-refractivity contribution in [2.75, 3.05) is 0 Å². The zero-order valence-electron chi connectivity index (χ0n) is 14.0. The quantitative estimate of drug-likeness (QED) is 0.557. The van der Waals surface area contributed by atoms with E-state index in [4.69, 9.17) is 11.6 Å². The minimum absolute atomic E-state index is 0.139. The minimum Gasteiger partial charge on any atom is -0.332 e. The zero-order chi connectivity index (χ0) is 19.7. The number of alkyl halides is 3. The first-order chi connectivity index (χ1) is 13.4. The standard InChI is InChI=1S/C17H11ClF3N7/c18-15-11(2-1-3-12(15)17(19,20)21)7-28-8-14(23-9-28)13-6-10(4-5-22-13)16-24-26-27-25-16/h1-6,8-9H,7H2,(H,24,25,26,27). The summed E-state index contributed by atoms with van der Waals surface area (Å²) in [5.74, 6) is 0.416. The molecule has 28 heavy (non-hydrogen) atoms. The van der Waals surface area contributed by atoms with Crippen molar-refractivity contribution < 1.29 is 13.2 Å². The number of hydrogen-bond acceptors (Lipinski definition) is 5. The number of nitrogens with one attached hydrogen (secondary N) is 1. The fourth-order valence-electron chi connectivity index (χ4n) is 2.69. The third-order valence-electron chi connectivity index (χ3n) is 4.00. The Kier molecular flexibility index (Phi) is 4.55. The normalized spacial score (nSPS) is 11.7. The summed E-state index contributed by atoms with van der Waals surface area (Å²) < 4.78 is 40.7. The van der Waals surface area contributed by atoms with Crippen LogP contribution in [-0.2, 0) is 12.7 Å². The van der Waals surface area contributed by atoms with Gasteiger partial charge in [-0.15, -0.1) is 10.2 Å². The van der Waals surface area contributed by atoms with E-state index in [0.717, 1.165) is 6.07 Å². The zero-order valence-corrected chi connectivity index (χ0v) is 14.8. The maximum atomic E-state index is 13.0. The predicted octanol–water partition coefficient (Wildman–Crippen LogP) is 3.85. The Morgan fingerprint density at radius 3 is 2.71 bits per heavy atom. The van der Waals surface area contributed by atoms with Crippen LogP contribution >= 0.6 is 11.6 Å². The van der Waals surface area contributed by atoms with Gasteiger partial charge in [0.25, 0.3) is 0 Å². The molecule has 142 valence electrons. The second-order valence-corrected chi connectivity index (χ2v) is 6.25. The van der Waals surface area contributed by atoms with Crippen LogP contribution < -0.4 is 0 Å². The Morgan fingerprint density at radius 2 is 1.96 bits per heavy atom. The number of tetrazole rings is 1. The molecule has 11 heteroatoms. The molecule has 0 amide bonds. The van der Waals surface area contributed by atoms with Crippen LogP contribution in [0.25, 0.3) is 22.8 Å². The van der Waals surface area contributed by atoms with Crippen molar-refractivity contribution in [3.8, 4) is 22.8 Å². The molecule has 1 aromatic carbocycles. The van der Waals surface area contributed by atoms with E-state index in [0.29, 0.717) is 28.3 Å². The largest absolute Gasteiger partial charge is 0.417 e. The van der Waals surface area contributed by atoms with Crippen molar-refractivity contribution in [2.24, 2.45) is 0 Å². The number of rotatable bonds is 4.